The molecule has 2 heterocycles. The molecule has 102 valence electrons. The zero-order chi connectivity index (χ0) is 13.4. The van der Waals surface area contributed by atoms with Crippen molar-refractivity contribution in [1.29, 1.82) is 0 Å². The fraction of sp³-hybridized carbons (Fsp3) is 0.538. The minimum Gasteiger partial charge on any atom is -0.376 e. The van der Waals surface area contributed by atoms with Crippen LogP contribution < -0.4 is 10.6 Å². The second kappa shape index (κ2) is 4.94. The summed E-state index contributed by atoms with van der Waals surface area (Å²) in [6, 6.07) is 1.67. The Morgan fingerprint density at radius 3 is 2.89 bits per heavy atom. The largest absolute Gasteiger partial charge is 0.376 e. The van der Waals surface area contributed by atoms with E-state index in [1.54, 1.807) is 6.07 Å². The number of carbonyl (C=O) groups excluding carboxylic acids is 2. The Kier molecular flexibility index (Phi) is 3.28. The molecule has 4 atom stereocenters. The number of hydrogen-bond donors (Lipinski definition) is 2. The van der Waals surface area contributed by atoms with Crippen LogP contribution >= 0.6 is 11.3 Å². The Bertz CT molecular complexity index is 488. The van der Waals surface area contributed by atoms with Crippen LogP contribution in [0.3, 0.4) is 0 Å². The van der Waals surface area contributed by atoms with Crippen molar-refractivity contribution < 1.29 is 14.3 Å². The monoisotopic (exact) mass is 280 g/mol. The molecule has 2 fully saturated rings. The molecule has 3 rings (SSSR count). The number of hydrogen-bond acceptors (Lipinski definition) is 4. The maximum absolute atomic E-state index is 12.1. The summed E-state index contributed by atoms with van der Waals surface area (Å²) in [4.78, 5) is 23.3. The lowest BCUT2D eigenvalue weighted by atomic mass is 9.71. The number of amides is 2. The quantitative estimate of drug-likeness (QED) is 0.859. The van der Waals surface area contributed by atoms with Gasteiger partial charge in [-0.2, -0.15) is 11.3 Å². The molecule has 1 aromatic rings. The first-order chi connectivity index (χ1) is 9.16. The topological polar surface area (TPSA) is 67.4 Å². The number of fused-ring (bicyclic) bond motifs is 1. The number of nitrogens with one attached hydrogen (secondary N) is 2. The van der Waals surface area contributed by atoms with Crippen LogP contribution in [0.4, 0.5) is 0 Å². The van der Waals surface area contributed by atoms with Gasteiger partial charge in [-0.1, -0.05) is 0 Å². The minimum absolute atomic E-state index is 0.0243. The van der Waals surface area contributed by atoms with Crippen molar-refractivity contribution in [2.75, 3.05) is 6.61 Å². The van der Waals surface area contributed by atoms with Crippen molar-refractivity contribution in [2.45, 2.75) is 31.5 Å². The van der Waals surface area contributed by atoms with Crippen LogP contribution in [0, 0.1) is 5.92 Å². The summed E-state index contributed by atoms with van der Waals surface area (Å²) < 4.78 is 5.60. The fourth-order valence-corrected chi connectivity index (χ4v) is 3.57. The lowest BCUT2D eigenvalue weighted by Gasteiger charge is -2.47. The number of ether oxygens (including phenoxy) is 1. The molecule has 6 heteroatoms. The van der Waals surface area contributed by atoms with Gasteiger partial charge >= 0.3 is 0 Å². The van der Waals surface area contributed by atoms with Crippen LogP contribution in [-0.4, -0.2) is 36.6 Å². The third kappa shape index (κ3) is 2.26. The molecule has 2 N–H and O–H groups in total. The zero-order valence-corrected chi connectivity index (χ0v) is 11.4. The maximum atomic E-state index is 12.1. The van der Waals surface area contributed by atoms with Gasteiger partial charge in [0.15, 0.2) is 0 Å². The van der Waals surface area contributed by atoms with Gasteiger partial charge < -0.3 is 15.4 Å². The molecule has 0 spiro atoms. The number of rotatable bonds is 3. The summed E-state index contributed by atoms with van der Waals surface area (Å²) in [5.74, 6) is 0.153. The van der Waals surface area contributed by atoms with E-state index in [0.29, 0.717) is 18.1 Å². The Morgan fingerprint density at radius 1 is 1.37 bits per heavy atom. The molecule has 2 amide bonds. The van der Waals surface area contributed by atoms with E-state index in [2.05, 4.69) is 10.6 Å². The van der Waals surface area contributed by atoms with E-state index in [1.807, 2.05) is 10.8 Å². The second-order valence-electron chi connectivity index (χ2n) is 5.03. The van der Waals surface area contributed by atoms with Gasteiger partial charge in [0, 0.05) is 30.4 Å². The van der Waals surface area contributed by atoms with Gasteiger partial charge in [-0.25, -0.2) is 0 Å². The van der Waals surface area contributed by atoms with Crippen LogP contribution in [0.25, 0.3) is 0 Å². The summed E-state index contributed by atoms with van der Waals surface area (Å²) in [5.41, 5.74) is 0.675. The molecule has 0 bridgehead atoms. The summed E-state index contributed by atoms with van der Waals surface area (Å²) in [5, 5.41) is 9.59. The Hall–Kier alpha value is -1.40. The summed E-state index contributed by atoms with van der Waals surface area (Å²) in [7, 11) is 0. The highest BCUT2D eigenvalue weighted by Gasteiger charge is 2.54. The molecule has 1 aromatic heterocycles. The molecule has 5 nitrogen and oxygen atoms in total. The number of thiophene rings is 1. The Morgan fingerprint density at radius 2 is 2.21 bits per heavy atom. The van der Waals surface area contributed by atoms with Crippen LogP contribution in [-0.2, 0) is 9.53 Å². The molecule has 2 aliphatic rings. The average Bonchev–Trinajstić information content (AvgIpc) is 3.02. The highest BCUT2D eigenvalue weighted by Crippen LogP contribution is 2.39. The third-order valence-corrected chi connectivity index (χ3v) is 4.52. The Labute approximate surface area is 115 Å². The lowest BCUT2D eigenvalue weighted by molar-refractivity contribution is -0.123. The van der Waals surface area contributed by atoms with Gasteiger partial charge in [-0.05, 0) is 17.9 Å². The van der Waals surface area contributed by atoms with Gasteiger partial charge in [0.25, 0.3) is 5.91 Å². The van der Waals surface area contributed by atoms with E-state index in [9.17, 15) is 9.59 Å². The molecule has 1 saturated carbocycles. The molecule has 1 saturated heterocycles. The predicted octanol–water partition coefficient (Wildman–Crippen LogP) is 0.770. The van der Waals surface area contributed by atoms with Crippen molar-refractivity contribution in [3.05, 3.63) is 22.4 Å². The van der Waals surface area contributed by atoms with E-state index < -0.39 is 0 Å². The first-order valence-corrected chi connectivity index (χ1v) is 7.33. The van der Waals surface area contributed by atoms with Gasteiger partial charge in [-0.15, -0.1) is 0 Å². The highest BCUT2D eigenvalue weighted by atomic mass is 32.1. The van der Waals surface area contributed by atoms with Crippen molar-refractivity contribution in [1.82, 2.24) is 10.6 Å². The second-order valence-corrected chi connectivity index (χ2v) is 5.81. The molecule has 19 heavy (non-hydrogen) atoms. The smallest absolute Gasteiger partial charge is 0.252 e. The van der Waals surface area contributed by atoms with Gasteiger partial charge in [0.05, 0.1) is 18.2 Å². The Balaban J connectivity index is 1.68. The van der Waals surface area contributed by atoms with Crippen LogP contribution in [0.2, 0.25) is 0 Å². The molecule has 0 aromatic carbocycles. The van der Waals surface area contributed by atoms with Crippen molar-refractivity contribution in [3.63, 3.8) is 0 Å². The van der Waals surface area contributed by atoms with Gasteiger partial charge in [-0.3, -0.25) is 9.59 Å². The molecule has 1 aliphatic carbocycles. The van der Waals surface area contributed by atoms with E-state index in [1.165, 1.54) is 18.3 Å². The number of carbonyl (C=O) groups is 2. The SMILES string of the molecule is CC(=O)N[C@@H]1[C@@H](NC(=O)c2ccsc2)[C@H]2CCO[C@H]21. The lowest BCUT2D eigenvalue weighted by Crippen LogP contribution is -2.70. The first-order valence-electron chi connectivity index (χ1n) is 6.38. The van der Waals surface area contributed by atoms with E-state index in [-0.39, 0.29) is 30.0 Å². The van der Waals surface area contributed by atoms with Gasteiger partial charge in [0.1, 0.15) is 0 Å². The molecular formula is C13H16N2O3S. The van der Waals surface area contributed by atoms with Crippen molar-refractivity contribution in [3.8, 4) is 0 Å². The average molecular weight is 280 g/mol. The van der Waals surface area contributed by atoms with Crippen LogP contribution in [0.1, 0.15) is 23.7 Å². The predicted molar refractivity (Wildman–Crippen MR) is 71.0 cm³/mol. The van der Waals surface area contributed by atoms with Crippen molar-refractivity contribution >= 4 is 23.2 Å². The maximum Gasteiger partial charge on any atom is 0.252 e. The molecule has 0 radical (unpaired) electrons. The zero-order valence-electron chi connectivity index (χ0n) is 10.6. The summed E-state index contributed by atoms with van der Waals surface area (Å²) in [6.45, 7) is 2.19. The van der Waals surface area contributed by atoms with E-state index >= 15 is 0 Å². The third-order valence-electron chi connectivity index (χ3n) is 3.84. The van der Waals surface area contributed by atoms with Crippen LogP contribution in [0.15, 0.2) is 16.8 Å². The van der Waals surface area contributed by atoms with Crippen molar-refractivity contribution in [2.24, 2.45) is 5.92 Å². The molecule has 1 aliphatic heterocycles. The molecule has 0 unspecified atom stereocenters. The normalized spacial score (nSPS) is 32.3. The fourth-order valence-electron chi connectivity index (χ4n) is 2.94. The van der Waals surface area contributed by atoms with Gasteiger partial charge in [0.2, 0.25) is 5.91 Å². The standard InChI is InChI=1S/C13H16N2O3S/c1-7(16)14-11-10(9-2-4-18-12(9)11)15-13(17)8-3-5-19-6-8/h3,5-6,9-12H,2,4H2,1H3,(H,14,16)(H,15,17)/t9-,10+,11-,12-/m1/s1. The summed E-state index contributed by atoms with van der Waals surface area (Å²) >= 11 is 1.50. The molecular weight excluding hydrogens is 264 g/mol. The van der Waals surface area contributed by atoms with Crippen LogP contribution in [0.5, 0.6) is 0 Å². The summed E-state index contributed by atoms with van der Waals surface area (Å²) in [6.07, 6.45) is 0.992. The van der Waals surface area contributed by atoms with E-state index in [4.69, 9.17) is 4.74 Å². The highest BCUT2D eigenvalue weighted by molar-refractivity contribution is 7.08. The minimum atomic E-state index is -0.104. The van der Waals surface area contributed by atoms with E-state index in [0.717, 1.165) is 6.42 Å². The first kappa shape index (κ1) is 12.6.